The van der Waals surface area contributed by atoms with Crippen LogP contribution in [-0.4, -0.2) is 42.5 Å². The van der Waals surface area contributed by atoms with Gasteiger partial charge in [0, 0.05) is 32.4 Å². The van der Waals surface area contributed by atoms with Crippen LogP contribution in [0.4, 0.5) is 0 Å². The highest BCUT2D eigenvalue weighted by Gasteiger charge is 2.25. The van der Waals surface area contributed by atoms with E-state index in [9.17, 15) is 8.42 Å². The van der Waals surface area contributed by atoms with E-state index in [1.165, 1.54) is 16.6 Å². The molecule has 0 saturated heterocycles. The van der Waals surface area contributed by atoms with Gasteiger partial charge in [-0.15, -0.1) is 0 Å². The second-order valence-corrected chi connectivity index (χ2v) is 5.63. The summed E-state index contributed by atoms with van der Waals surface area (Å²) in [6.07, 6.45) is 1.93. The number of rotatable bonds is 7. The van der Waals surface area contributed by atoms with Gasteiger partial charge in [0.05, 0.1) is 5.69 Å². The van der Waals surface area contributed by atoms with E-state index < -0.39 is 10.0 Å². The first-order valence-corrected chi connectivity index (χ1v) is 7.26. The number of hydrogen-bond donors (Lipinski definition) is 2. The van der Waals surface area contributed by atoms with Gasteiger partial charge in [-0.1, -0.05) is 6.92 Å². The van der Waals surface area contributed by atoms with Crippen LogP contribution in [0.2, 0.25) is 0 Å². The number of nitrogens with two attached hydrogens (primary N) is 1. The Morgan fingerprint density at radius 1 is 1.50 bits per heavy atom. The smallest absolute Gasteiger partial charge is 0.244 e. The maximum atomic E-state index is 12.4. The van der Waals surface area contributed by atoms with E-state index in [-0.39, 0.29) is 24.6 Å². The Morgan fingerprint density at radius 2 is 2.22 bits per heavy atom. The predicted octanol–water partition coefficient (Wildman–Crippen LogP) is -0.0667. The van der Waals surface area contributed by atoms with Crippen molar-refractivity contribution in [2.75, 3.05) is 19.7 Å². The molecule has 0 radical (unpaired) electrons. The minimum atomic E-state index is -3.59. The van der Waals surface area contributed by atoms with Crippen molar-refractivity contribution in [1.82, 2.24) is 9.29 Å². The topological polar surface area (TPSA) is 96.5 Å². The van der Waals surface area contributed by atoms with E-state index in [1.54, 1.807) is 13.0 Å². The first-order valence-electron chi connectivity index (χ1n) is 5.82. The van der Waals surface area contributed by atoms with Gasteiger partial charge in [-0.25, -0.2) is 8.42 Å². The van der Waals surface area contributed by atoms with Gasteiger partial charge < -0.3 is 10.8 Å². The fraction of sp³-hybridized carbons (Fsp3) is 0.545. The molecular formula is C11H19N3O3S. The normalized spacial score (nSPS) is 12.0. The lowest BCUT2D eigenvalue weighted by Gasteiger charge is -2.21. The average Bonchev–Trinajstić information content (AvgIpc) is 2.39. The van der Waals surface area contributed by atoms with Crippen LogP contribution in [0.15, 0.2) is 23.2 Å². The molecule has 102 valence electrons. The molecule has 7 heteroatoms. The molecule has 0 saturated carbocycles. The summed E-state index contributed by atoms with van der Waals surface area (Å²) in [5.41, 5.74) is 5.86. The Hall–Kier alpha value is -1.02. The Labute approximate surface area is 107 Å². The fourth-order valence-corrected chi connectivity index (χ4v) is 3.32. The lowest BCUT2D eigenvalue weighted by Crippen LogP contribution is -2.33. The molecular weight excluding hydrogens is 254 g/mol. The number of pyridine rings is 1. The summed E-state index contributed by atoms with van der Waals surface area (Å²) >= 11 is 0. The third kappa shape index (κ3) is 3.26. The molecule has 0 aromatic carbocycles. The Balaban J connectivity index is 3.10. The summed E-state index contributed by atoms with van der Waals surface area (Å²) in [4.78, 5) is 4.13. The summed E-state index contributed by atoms with van der Waals surface area (Å²) in [6, 6.07) is 3.08. The van der Waals surface area contributed by atoms with Gasteiger partial charge in [0.1, 0.15) is 4.90 Å². The van der Waals surface area contributed by atoms with Crippen molar-refractivity contribution in [3.8, 4) is 0 Å². The van der Waals surface area contributed by atoms with Gasteiger partial charge in [-0.3, -0.25) is 4.98 Å². The predicted molar refractivity (Wildman–Crippen MR) is 68.3 cm³/mol. The molecule has 0 atom stereocenters. The largest absolute Gasteiger partial charge is 0.396 e. The number of hydrogen-bond acceptors (Lipinski definition) is 5. The van der Waals surface area contributed by atoms with Crippen molar-refractivity contribution in [2.45, 2.75) is 24.8 Å². The molecule has 0 unspecified atom stereocenters. The molecule has 18 heavy (non-hydrogen) atoms. The second kappa shape index (κ2) is 6.79. The van der Waals surface area contributed by atoms with Crippen LogP contribution in [-0.2, 0) is 16.6 Å². The molecule has 0 aliphatic heterocycles. The molecule has 0 aliphatic rings. The van der Waals surface area contributed by atoms with Crippen molar-refractivity contribution >= 4 is 10.0 Å². The fourth-order valence-electron chi connectivity index (χ4n) is 1.65. The Bertz CT molecular complexity index is 476. The van der Waals surface area contributed by atoms with Crippen molar-refractivity contribution < 1.29 is 13.5 Å². The maximum absolute atomic E-state index is 12.4. The highest BCUT2D eigenvalue weighted by atomic mass is 32.2. The third-order valence-electron chi connectivity index (χ3n) is 2.58. The first kappa shape index (κ1) is 15.0. The van der Waals surface area contributed by atoms with Gasteiger partial charge in [-0.2, -0.15) is 4.31 Å². The molecule has 0 spiro atoms. The quantitative estimate of drug-likeness (QED) is 0.725. The molecule has 0 bridgehead atoms. The van der Waals surface area contributed by atoms with E-state index in [1.807, 2.05) is 0 Å². The van der Waals surface area contributed by atoms with Crippen LogP contribution in [0.25, 0.3) is 0 Å². The molecule has 0 fully saturated rings. The van der Waals surface area contributed by atoms with Crippen molar-refractivity contribution in [3.05, 3.63) is 24.0 Å². The van der Waals surface area contributed by atoms with Gasteiger partial charge >= 0.3 is 0 Å². The van der Waals surface area contributed by atoms with Crippen molar-refractivity contribution in [1.29, 1.82) is 0 Å². The Morgan fingerprint density at radius 3 is 2.78 bits per heavy atom. The molecule has 1 aromatic heterocycles. The van der Waals surface area contributed by atoms with Crippen LogP contribution in [0.5, 0.6) is 0 Å². The number of aliphatic hydroxyl groups is 1. The van der Waals surface area contributed by atoms with Gasteiger partial charge in [0.25, 0.3) is 0 Å². The zero-order chi connectivity index (χ0) is 13.6. The van der Waals surface area contributed by atoms with Crippen LogP contribution < -0.4 is 5.73 Å². The molecule has 3 N–H and O–H groups in total. The van der Waals surface area contributed by atoms with E-state index in [0.29, 0.717) is 18.7 Å². The first-order chi connectivity index (χ1) is 8.57. The van der Waals surface area contributed by atoms with E-state index in [0.717, 1.165) is 0 Å². The third-order valence-corrected chi connectivity index (χ3v) is 4.63. The van der Waals surface area contributed by atoms with Crippen LogP contribution in [0, 0.1) is 0 Å². The minimum Gasteiger partial charge on any atom is -0.396 e. The van der Waals surface area contributed by atoms with Crippen LogP contribution >= 0.6 is 0 Å². The summed E-state index contributed by atoms with van der Waals surface area (Å²) in [7, 11) is -3.59. The zero-order valence-corrected chi connectivity index (χ0v) is 11.2. The molecule has 0 amide bonds. The SMILES string of the molecule is CCN(CCCO)S(=O)(=O)c1cccnc1CN. The summed E-state index contributed by atoms with van der Waals surface area (Å²) < 4.78 is 26.1. The monoisotopic (exact) mass is 273 g/mol. The van der Waals surface area contributed by atoms with E-state index in [4.69, 9.17) is 10.8 Å². The van der Waals surface area contributed by atoms with Crippen molar-refractivity contribution in [3.63, 3.8) is 0 Å². The van der Waals surface area contributed by atoms with Crippen molar-refractivity contribution in [2.24, 2.45) is 5.73 Å². The highest BCUT2D eigenvalue weighted by molar-refractivity contribution is 7.89. The maximum Gasteiger partial charge on any atom is 0.244 e. The van der Waals surface area contributed by atoms with Gasteiger partial charge in [0.15, 0.2) is 0 Å². The standard InChI is InChI=1S/C11H19N3O3S/c1-2-14(7-4-8-15)18(16,17)11-5-3-6-13-10(11)9-12/h3,5-6,15H,2,4,7-9,12H2,1H3. The highest BCUT2D eigenvalue weighted by Crippen LogP contribution is 2.18. The van der Waals surface area contributed by atoms with E-state index >= 15 is 0 Å². The number of nitrogens with zero attached hydrogens (tertiary/aromatic N) is 2. The Kier molecular flexibility index (Phi) is 5.67. The minimum absolute atomic E-state index is 0.0389. The molecule has 1 aromatic rings. The molecule has 1 rings (SSSR count). The van der Waals surface area contributed by atoms with Crippen LogP contribution in [0.1, 0.15) is 19.0 Å². The molecule has 6 nitrogen and oxygen atoms in total. The summed E-state index contributed by atoms with van der Waals surface area (Å²) in [6.45, 7) is 2.43. The summed E-state index contributed by atoms with van der Waals surface area (Å²) in [5.74, 6) is 0. The zero-order valence-electron chi connectivity index (χ0n) is 10.4. The van der Waals surface area contributed by atoms with Crippen LogP contribution in [0.3, 0.4) is 0 Å². The van der Waals surface area contributed by atoms with E-state index in [2.05, 4.69) is 4.98 Å². The number of aliphatic hydroxyl groups excluding tert-OH is 1. The van der Waals surface area contributed by atoms with Gasteiger partial charge in [-0.05, 0) is 18.6 Å². The van der Waals surface area contributed by atoms with Gasteiger partial charge in [0.2, 0.25) is 10.0 Å². The summed E-state index contributed by atoms with van der Waals surface area (Å²) in [5, 5.41) is 8.79. The molecule has 0 aliphatic carbocycles. The number of sulfonamides is 1. The average molecular weight is 273 g/mol. The lowest BCUT2D eigenvalue weighted by molar-refractivity contribution is 0.271. The number of aromatic nitrogens is 1. The second-order valence-electron chi connectivity index (χ2n) is 3.73. The molecule has 1 heterocycles. The lowest BCUT2D eigenvalue weighted by atomic mass is 10.3.